The molecule has 0 N–H and O–H groups in total. The standard InChI is InChI=1S/C19H20BFO4/c1-22-16-8-4-14(5-9-16)20-23-12-19-18(25-20)11-10-17(24-19)13-2-6-15(21)7-3-13/h2-9,17-19H,10-12H2,1H3/t17-,18+,19-/m1/s1. The number of benzene rings is 2. The minimum absolute atomic E-state index is 0.0116. The van der Waals surface area contributed by atoms with Crippen molar-refractivity contribution >= 4 is 12.6 Å². The molecule has 0 spiro atoms. The molecule has 6 heteroatoms. The molecule has 2 saturated heterocycles. The highest BCUT2D eigenvalue weighted by Gasteiger charge is 2.41. The summed E-state index contributed by atoms with van der Waals surface area (Å²) in [5, 5.41) is 0. The fourth-order valence-corrected chi connectivity index (χ4v) is 3.41. The number of methoxy groups -OCH3 is 1. The highest BCUT2D eigenvalue weighted by atomic mass is 19.1. The van der Waals surface area contributed by atoms with Crippen LogP contribution >= 0.6 is 0 Å². The molecule has 2 fully saturated rings. The molecule has 0 bridgehead atoms. The first-order chi connectivity index (χ1) is 12.2. The number of rotatable bonds is 3. The molecule has 2 aliphatic rings. The normalized spacial score (nSPS) is 26.2. The molecule has 0 aromatic heterocycles. The summed E-state index contributed by atoms with van der Waals surface area (Å²) < 4.78 is 36.4. The van der Waals surface area contributed by atoms with Crippen LogP contribution in [0.15, 0.2) is 48.5 Å². The van der Waals surface area contributed by atoms with Gasteiger partial charge in [0, 0.05) is 0 Å². The van der Waals surface area contributed by atoms with Crippen LogP contribution in [0.25, 0.3) is 0 Å². The Bertz CT molecular complexity index is 706. The fourth-order valence-electron chi connectivity index (χ4n) is 3.41. The first kappa shape index (κ1) is 16.6. The molecule has 0 amide bonds. The van der Waals surface area contributed by atoms with Gasteiger partial charge in [-0.05, 0) is 48.1 Å². The monoisotopic (exact) mass is 342 g/mol. The number of fused-ring (bicyclic) bond motifs is 1. The zero-order chi connectivity index (χ0) is 17.2. The summed E-state index contributed by atoms with van der Waals surface area (Å²) in [5.41, 5.74) is 1.97. The van der Waals surface area contributed by atoms with Gasteiger partial charge < -0.3 is 18.8 Å². The molecule has 0 saturated carbocycles. The van der Waals surface area contributed by atoms with Crippen molar-refractivity contribution in [1.82, 2.24) is 0 Å². The van der Waals surface area contributed by atoms with Gasteiger partial charge in [-0.3, -0.25) is 0 Å². The maximum absolute atomic E-state index is 13.1. The summed E-state index contributed by atoms with van der Waals surface area (Å²) >= 11 is 0. The molecule has 130 valence electrons. The Morgan fingerprint density at radius 1 is 1.00 bits per heavy atom. The van der Waals surface area contributed by atoms with E-state index in [-0.39, 0.29) is 31.2 Å². The summed E-state index contributed by atoms with van der Waals surface area (Å²) in [7, 11) is 1.27. The van der Waals surface area contributed by atoms with Crippen molar-refractivity contribution in [3.05, 3.63) is 59.9 Å². The molecule has 4 rings (SSSR count). The number of halogens is 1. The Balaban J connectivity index is 1.40. The smallest absolute Gasteiger partial charge is 0.494 e. The second-order valence-electron chi connectivity index (χ2n) is 6.41. The van der Waals surface area contributed by atoms with Gasteiger partial charge in [0.25, 0.3) is 0 Å². The zero-order valence-electron chi connectivity index (χ0n) is 14.1. The van der Waals surface area contributed by atoms with E-state index < -0.39 is 0 Å². The van der Waals surface area contributed by atoms with Crippen molar-refractivity contribution in [2.75, 3.05) is 13.7 Å². The van der Waals surface area contributed by atoms with Gasteiger partial charge in [-0.1, -0.05) is 24.3 Å². The van der Waals surface area contributed by atoms with Crippen LogP contribution in [0.3, 0.4) is 0 Å². The van der Waals surface area contributed by atoms with E-state index in [1.54, 1.807) is 19.2 Å². The Hall–Kier alpha value is -1.89. The lowest BCUT2D eigenvalue weighted by Crippen LogP contribution is -2.54. The first-order valence-corrected chi connectivity index (χ1v) is 8.55. The van der Waals surface area contributed by atoms with Gasteiger partial charge in [0.15, 0.2) is 0 Å². The summed E-state index contributed by atoms with van der Waals surface area (Å²) in [6.07, 6.45) is 1.62. The predicted molar refractivity (Wildman–Crippen MR) is 92.5 cm³/mol. The molecule has 0 aliphatic carbocycles. The number of hydrogen-bond acceptors (Lipinski definition) is 4. The molecule has 0 unspecified atom stereocenters. The molecule has 2 aliphatic heterocycles. The van der Waals surface area contributed by atoms with Crippen LogP contribution in [0.4, 0.5) is 4.39 Å². The first-order valence-electron chi connectivity index (χ1n) is 8.55. The molecular weight excluding hydrogens is 322 g/mol. The predicted octanol–water partition coefficient (Wildman–Crippen LogP) is 2.87. The van der Waals surface area contributed by atoms with Gasteiger partial charge in [-0.15, -0.1) is 0 Å². The van der Waals surface area contributed by atoms with Gasteiger partial charge >= 0.3 is 7.12 Å². The maximum Gasteiger partial charge on any atom is 0.494 e. The van der Waals surface area contributed by atoms with E-state index in [9.17, 15) is 4.39 Å². The molecule has 3 atom stereocenters. The Morgan fingerprint density at radius 2 is 1.76 bits per heavy atom. The SMILES string of the molecule is COc1ccc(B2OC[C@H]3O[C@@H](c4ccc(F)cc4)CC[C@@H]3O2)cc1. The molecule has 2 heterocycles. The van der Waals surface area contributed by atoms with Gasteiger partial charge in [0.2, 0.25) is 0 Å². The van der Waals surface area contributed by atoms with E-state index in [0.717, 1.165) is 29.6 Å². The molecular formula is C19H20BFO4. The van der Waals surface area contributed by atoms with E-state index in [0.29, 0.717) is 6.61 Å². The van der Waals surface area contributed by atoms with E-state index in [2.05, 4.69) is 0 Å². The lowest BCUT2D eigenvalue weighted by atomic mass is 9.76. The summed E-state index contributed by atoms with van der Waals surface area (Å²) in [6, 6.07) is 14.2. The molecule has 4 nitrogen and oxygen atoms in total. The quantitative estimate of drug-likeness (QED) is 0.804. The number of ether oxygens (including phenoxy) is 2. The lowest BCUT2D eigenvalue weighted by Gasteiger charge is -2.41. The average molecular weight is 342 g/mol. The minimum atomic E-state index is -0.377. The summed E-state index contributed by atoms with van der Waals surface area (Å²) in [4.78, 5) is 0. The van der Waals surface area contributed by atoms with E-state index >= 15 is 0 Å². The van der Waals surface area contributed by atoms with Crippen LogP contribution in [0, 0.1) is 5.82 Å². The van der Waals surface area contributed by atoms with Crippen molar-refractivity contribution in [3.63, 3.8) is 0 Å². The van der Waals surface area contributed by atoms with Crippen LogP contribution < -0.4 is 10.2 Å². The van der Waals surface area contributed by atoms with E-state index in [4.69, 9.17) is 18.8 Å². The highest BCUT2D eigenvalue weighted by molar-refractivity contribution is 6.61. The van der Waals surface area contributed by atoms with Crippen molar-refractivity contribution in [2.24, 2.45) is 0 Å². The third-order valence-corrected chi connectivity index (χ3v) is 4.81. The largest absolute Gasteiger partial charge is 0.497 e. The van der Waals surface area contributed by atoms with Gasteiger partial charge in [0.1, 0.15) is 17.7 Å². The van der Waals surface area contributed by atoms with Gasteiger partial charge in [0.05, 0.1) is 25.9 Å². The topological polar surface area (TPSA) is 36.9 Å². The van der Waals surface area contributed by atoms with Crippen LogP contribution in [0.2, 0.25) is 0 Å². The Labute approximate surface area is 147 Å². The summed E-state index contributed by atoms with van der Waals surface area (Å²) in [5.74, 6) is 0.574. The van der Waals surface area contributed by atoms with E-state index in [1.807, 2.05) is 24.3 Å². The minimum Gasteiger partial charge on any atom is -0.497 e. The molecule has 2 aromatic rings. The Kier molecular flexibility index (Phi) is 4.75. The maximum atomic E-state index is 13.1. The van der Waals surface area contributed by atoms with Crippen LogP contribution in [0.1, 0.15) is 24.5 Å². The molecule has 25 heavy (non-hydrogen) atoms. The highest BCUT2D eigenvalue weighted by Crippen LogP contribution is 2.34. The third kappa shape index (κ3) is 3.56. The van der Waals surface area contributed by atoms with Crippen molar-refractivity contribution in [3.8, 4) is 5.75 Å². The molecule has 2 aromatic carbocycles. The molecule has 0 radical (unpaired) electrons. The van der Waals surface area contributed by atoms with E-state index in [1.165, 1.54) is 12.1 Å². The van der Waals surface area contributed by atoms with Crippen molar-refractivity contribution in [2.45, 2.75) is 31.2 Å². The fraction of sp³-hybridized carbons (Fsp3) is 0.368. The zero-order valence-corrected chi connectivity index (χ0v) is 14.1. The summed E-state index contributed by atoms with van der Waals surface area (Å²) in [6.45, 7) is 0.485. The van der Waals surface area contributed by atoms with Gasteiger partial charge in [-0.25, -0.2) is 4.39 Å². The van der Waals surface area contributed by atoms with Crippen molar-refractivity contribution in [1.29, 1.82) is 0 Å². The van der Waals surface area contributed by atoms with Crippen LogP contribution in [0.5, 0.6) is 5.75 Å². The lowest BCUT2D eigenvalue weighted by molar-refractivity contribution is -0.150. The van der Waals surface area contributed by atoms with Crippen LogP contribution in [-0.4, -0.2) is 33.0 Å². The van der Waals surface area contributed by atoms with Crippen LogP contribution in [-0.2, 0) is 14.0 Å². The second kappa shape index (κ2) is 7.16. The second-order valence-corrected chi connectivity index (χ2v) is 6.41. The van der Waals surface area contributed by atoms with Crippen molar-refractivity contribution < 1.29 is 23.2 Å². The average Bonchev–Trinajstić information content (AvgIpc) is 2.68. The Morgan fingerprint density at radius 3 is 2.48 bits per heavy atom. The number of hydrogen-bond donors (Lipinski definition) is 0. The van der Waals surface area contributed by atoms with Gasteiger partial charge in [-0.2, -0.15) is 0 Å². The third-order valence-electron chi connectivity index (χ3n) is 4.81.